The molecule has 1 unspecified atom stereocenters. The Labute approximate surface area is 96.8 Å². The summed E-state index contributed by atoms with van der Waals surface area (Å²) in [6.45, 7) is 5.19. The number of nitrogens with zero attached hydrogens (tertiary/aromatic N) is 2. The standard InChI is InChI=1S/C12H21N3O/c1-2-15-7-3-4-10(15)8-12-14-9-11(16-12)5-6-13/h9-10H,2-8,13H2,1H3. The molecule has 2 N–H and O–H groups in total. The van der Waals surface area contributed by atoms with Gasteiger partial charge in [-0.3, -0.25) is 0 Å². The second-order valence-electron chi connectivity index (χ2n) is 4.39. The van der Waals surface area contributed by atoms with Gasteiger partial charge in [-0.1, -0.05) is 6.92 Å². The van der Waals surface area contributed by atoms with Crippen LogP contribution in [0.2, 0.25) is 0 Å². The van der Waals surface area contributed by atoms with E-state index in [-0.39, 0.29) is 0 Å². The van der Waals surface area contributed by atoms with E-state index in [9.17, 15) is 0 Å². The van der Waals surface area contributed by atoms with E-state index in [1.54, 1.807) is 0 Å². The number of hydrogen-bond donors (Lipinski definition) is 1. The molecule has 1 aromatic rings. The lowest BCUT2D eigenvalue weighted by Gasteiger charge is -2.21. The Morgan fingerprint density at radius 3 is 3.25 bits per heavy atom. The van der Waals surface area contributed by atoms with Crippen molar-refractivity contribution < 1.29 is 4.42 Å². The summed E-state index contributed by atoms with van der Waals surface area (Å²) in [4.78, 5) is 6.82. The monoisotopic (exact) mass is 223 g/mol. The predicted molar refractivity (Wildman–Crippen MR) is 63.2 cm³/mol. The van der Waals surface area contributed by atoms with E-state index in [4.69, 9.17) is 10.2 Å². The molecule has 2 rings (SSSR count). The average molecular weight is 223 g/mol. The molecule has 4 nitrogen and oxygen atoms in total. The van der Waals surface area contributed by atoms with Crippen LogP contribution in [0.5, 0.6) is 0 Å². The van der Waals surface area contributed by atoms with E-state index in [2.05, 4.69) is 16.8 Å². The molecule has 0 amide bonds. The smallest absolute Gasteiger partial charge is 0.195 e. The third kappa shape index (κ3) is 2.62. The van der Waals surface area contributed by atoms with Crippen LogP contribution in [-0.2, 0) is 12.8 Å². The van der Waals surface area contributed by atoms with Gasteiger partial charge >= 0.3 is 0 Å². The first kappa shape index (κ1) is 11.6. The molecule has 1 saturated heterocycles. The molecule has 0 spiro atoms. The minimum Gasteiger partial charge on any atom is -0.446 e. The Balaban J connectivity index is 1.92. The molecule has 1 fully saturated rings. The Bertz CT molecular complexity index is 324. The van der Waals surface area contributed by atoms with Crippen LogP contribution in [-0.4, -0.2) is 35.6 Å². The van der Waals surface area contributed by atoms with Crippen LogP contribution in [0.25, 0.3) is 0 Å². The summed E-state index contributed by atoms with van der Waals surface area (Å²) in [5, 5.41) is 0. The fourth-order valence-electron chi connectivity index (χ4n) is 2.44. The summed E-state index contributed by atoms with van der Waals surface area (Å²) in [5.41, 5.74) is 5.48. The first-order chi connectivity index (χ1) is 7.83. The molecule has 0 aliphatic carbocycles. The van der Waals surface area contributed by atoms with Crippen molar-refractivity contribution in [2.45, 2.75) is 38.6 Å². The maximum atomic E-state index is 5.66. The fraction of sp³-hybridized carbons (Fsp3) is 0.750. The maximum Gasteiger partial charge on any atom is 0.195 e. The molecule has 16 heavy (non-hydrogen) atoms. The van der Waals surface area contributed by atoms with Gasteiger partial charge in [-0.15, -0.1) is 0 Å². The highest BCUT2D eigenvalue weighted by atomic mass is 16.4. The Kier molecular flexibility index (Phi) is 3.96. The fourth-order valence-corrected chi connectivity index (χ4v) is 2.44. The third-order valence-electron chi connectivity index (χ3n) is 3.31. The largest absolute Gasteiger partial charge is 0.446 e. The van der Waals surface area contributed by atoms with Gasteiger partial charge in [-0.05, 0) is 32.5 Å². The van der Waals surface area contributed by atoms with Crippen LogP contribution in [0.15, 0.2) is 10.6 Å². The number of likely N-dealkylation sites (N-methyl/N-ethyl adjacent to an activating group) is 1. The van der Waals surface area contributed by atoms with Gasteiger partial charge in [0.05, 0.1) is 6.20 Å². The molecule has 1 aliphatic rings. The predicted octanol–water partition coefficient (Wildman–Crippen LogP) is 1.20. The topological polar surface area (TPSA) is 55.3 Å². The van der Waals surface area contributed by atoms with Crippen molar-refractivity contribution in [1.82, 2.24) is 9.88 Å². The van der Waals surface area contributed by atoms with Gasteiger partial charge in [0.25, 0.3) is 0 Å². The number of oxazole rings is 1. The van der Waals surface area contributed by atoms with E-state index in [0.29, 0.717) is 12.6 Å². The molecular formula is C12H21N3O. The number of rotatable bonds is 5. The number of hydrogen-bond acceptors (Lipinski definition) is 4. The van der Waals surface area contributed by atoms with Crippen LogP contribution >= 0.6 is 0 Å². The van der Waals surface area contributed by atoms with Gasteiger partial charge in [-0.25, -0.2) is 4.98 Å². The first-order valence-electron chi connectivity index (χ1n) is 6.21. The zero-order valence-corrected chi connectivity index (χ0v) is 9.98. The summed E-state index contributed by atoms with van der Waals surface area (Å²) in [7, 11) is 0. The van der Waals surface area contributed by atoms with Crippen molar-refractivity contribution in [3.8, 4) is 0 Å². The van der Waals surface area contributed by atoms with Crippen LogP contribution in [0, 0.1) is 0 Å². The van der Waals surface area contributed by atoms with Gasteiger partial charge in [0.15, 0.2) is 5.89 Å². The lowest BCUT2D eigenvalue weighted by atomic mass is 10.1. The zero-order valence-electron chi connectivity index (χ0n) is 9.98. The van der Waals surface area contributed by atoms with Crippen molar-refractivity contribution in [2.75, 3.05) is 19.6 Å². The van der Waals surface area contributed by atoms with Gasteiger partial charge in [-0.2, -0.15) is 0 Å². The SMILES string of the molecule is CCN1CCCC1Cc1ncc(CCN)o1. The summed E-state index contributed by atoms with van der Waals surface area (Å²) < 4.78 is 5.66. The summed E-state index contributed by atoms with van der Waals surface area (Å²) in [6, 6.07) is 0.620. The van der Waals surface area contributed by atoms with Crippen molar-refractivity contribution in [3.63, 3.8) is 0 Å². The van der Waals surface area contributed by atoms with E-state index >= 15 is 0 Å². The van der Waals surface area contributed by atoms with Crippen LogP contribution in [0.4, 0.5) is 0 Å². The molecular weight excluding hydrogens is 202 g/mol. The van der Waals surface area contributed by atoms with Gasteiger partial charge < -0.3 is 15.1 Å². The van der Waals surface area contributed by atoms with E-state index in [1.165, 1.54) is 19.4 Å². The molecule has 1 aliphatic heterocycles. The molecule has 1 aromatic heterocycles. The van der Waals surface area contributed by atoms with Gasteiger partial charge in [0.2, 0.25) is 0 Å². The minimum absolute atomic E-state index is 0.620. The highest BCUT2D eigenvalue weighted by molar-refractivity contribution is 4.97. The molecule has 0 bridgehead atoms. The number of aromatic nitrogens is 1. The Hall–Kier alpha value is -0.870. The highest BCUT2D eigenvalue weighted by Gasteiger charge is 2.24. The van der Waals surface area contributed by atoms with Crippen LogP contribution in [0.1, 0.15) is 31.4 Å². The molecule has 4 heteroatoms. The minimum atomic E-state index is 0.620. The van der Waals surface area contributed by atoms with E-state index in [1.807, 2.05) is 6.20 Å². The lowest BCUT2D eigenvalue weighted by molar-refractivity contribution is 0.252. The van der Waals surface area contributed by atoms with Crippen LogP contribution < -0.4 is 5.73 Å². The second-order valence-corrected chi connectivity index (χ2v) is 4.39. The summed E-state index contributed by atoms with van der Waals surface area (Å²) in [6.07, 6.45) is 6.11. The van der Waals surface area contributed by atoms with E-state index in [0.717, 1.165) is 31.0 Å². The quantitative estimate of drug-likeness (QED) is 0.815. The molecule has 0 aromatic carbocycles. The lowest BCUT2D eigenvalue weighted by Crippen LogP contribution is -2.30. The average Bonchev–Trinajstić information content (AvgIpc) is 2.89. The number of likely N-dealkylation sites (tertiary alicyclic amines) is 1. The van der Waals surface area contributed by atoms with Crippen molar-refractivity contribution in [1.29, 1.82) is 0 Å². The van der Waals surface area contributed by atoms with Crippen molar-refractivity contribution in [3.05, 3.63) is 17.8 Å². The summed E-state index contributed by atoms with van der Waals surface area (Å²) >= 11 is 0. The number of nitrogens with two attached hydrogens (primary N) is 1. The molecule has 90 valence electrons. The maximum absolute atomic E-state index is 5.66. The first-order valence-corrected chi connectivity index (χ1v) is 6.21. The van der Waals surface area contributed by atoms with Gasteiger partial charge in [0.1, 0.15) is 5.76 Å². The summed E-state index contributed by atoms with van der Waals surface area (Å²) in [5.74, 6) is 1.78. The van der Waals surface area contributed by atoms with Gasteiger partial charge in [0, 0.05) is 18.9 Å². The normalized spacial score (nSPS) is 21.8. The van der Waals surface area contributed by atoms with E-state index < -0.39 is 0 Å². The third-order valence-corrected chi connectivity index (χ3v) is 3.31. The Morgan fingerprint density at radius 1 is 1.62 bits per heavy atom. The molecule has 2 heterocycles. The highest BCUT2D eigenvalue weighted by Crippen LogP contribution is 2.20. The Morgan fingerprint density at radius 2 is 2.50 bits per heavy atom. The molecule has 0 saturated carbocycles. The molecule has 1 atom stereocenters. The molecule has 0 radical (unpaired) electrons. The zero-order chi connectivity index (χ0) is 11.4. The van der Waals surface area contributed by atoms with Crippen molar-refractivity contribution in [2.24, 2.45) is 5.73 Å². The van der Waals surface area contributed by atoms with Crippen LogP contribution in [0.3, 0.4) is 0 Å². The second kappa shape index (κ2) is 5.46. The van der Waals surface area contributed by atoms with Crippen molar-refractivity contribution >= 4 is 0 Å².